The lowest BCUT2D eigenvalue weighted by atomic mass is 10.0. The van der Waals surface area contributed by atoms with E-state index in [1.165, 1.54) is 26.2 Å². The first-order valence-corrected chi connectivity index (χ1v) is 12.2. The van der Waals surface area contributed by atoms with Crippen LogP contribution in [0.1, 0.15) is 46.4 Å². The number of carbonyl (C=O) groups excluding carboxylic acids is 2. The van der Waals surface area contributed by atoms with E-state index in [2.05, 4.69) is 16.8 Å². The van der Waals surface area contributed by atoms with Gasteiger partial charge in [-0.25, -0.2) is 4.79 Å². The molecule has 0 N–H and O–H groups in total. The number of fused-ring (bicyclic) bond motifs is 1. The predicted octanol–water partition coefficient (Wildman–Crippen LogP) is 4.16. The molecule has 1 aromatic carbocycles. The summed E-state index contributed by atoms with van der Waals surface area (Å²) >= 11 is 0. The van der Waals surface area contributed by atoms with E-state index in [-0.39, 0.29) is 5.91 Å². The minimum absolute atomic E-state index is 0.117. The van der Waals surface area contributed by atoms with E-state index in [1.54, 1.807) is 24.1 Å². The van der Waals surface area contributed by atoms with Gasteiger partial charge in [-0.05, 0) is 31.5 Å². The van der Waals surface area contributed by atoms with Crippen LogP contribution in [0.5, 0.6) is 0 Å². The summed E-state index contributed by atoms with van der Waals surface area (Å²) in [5, 5.41) is 2.74. The van der Waals surface area contributed by atoms with Gasteiger partial charge >= 0.3 is 5.97 Å². The van der Waals surface area contributed by atoms with E-state index < -0.39 is 5.97 Å². The number of amides is 1. The Balaban J connectivity index is 0.000000392. The third-order valence-corrected chi connectivity index (χ3v) is 6.19. The Morgan fingerprint density at radius 2 is 1.81 bits per heavy atom. The molecule has 0 saturated carbocycles. The molecule has 1 amide bonds. The number of para-hydroxylation sites is 1. The van der Waals surface area contributed by atoms with Gasteiger partial charge in [0.25, 0.3) is 5.91 Å². The zero-order valence-corrected chi connectivity index (χ0v) is 21.8. The van der Waals surface area contributed by atoms with Gasteiger partial charge in [0.05, 0.1) is 37.4 Å². The molecule has 194 valence electrons. The number of anilines is 1. The van der Waals surface area contributed by atoms with E-state index in [4.69, 9.17) is 14.0 Å². The first kappa shape index (κ1) is 27.2. The molecule has 0 atom stereocenters. The number of nitrogens with zero attached hydrogens (tertiary/aromatic N) is 4. The zero-order valence-electron chi connectivity index (χ0n) is 21.8. The van der Waals surface area contributed by atoms with Crippen molar-refractivity contribution in [2.75, 3.05) is 58.9 Å². The highest BCUT2D eigenvalue weighted by Crippen LogP contribution is 2.33. The largest absolute Gasteiger partial charge is 0.465 e. The molecule has 9 nitrogen and oxygen atoms in total. The lowest BCUT2D eigenvalue weighted by Gasteiger charge is -2.37. The second-order valence-electron chi connectivity index (χ2n) is 8.57. The maximum absolute atomic E-state index is 12.5. The van der Waals surface area contributed by atoms with Crippen molar-refractivity contribution in [1.82, 2.24) is 14.9 Å². The lowest BCUT2D eigenvalue weighted by Crippen LogP contribution is -2.49. The van der Waals surface area contributed by atoms with Crippen molar-refractivity contribution in [2.45, 2.75) is 26.7 Å². The molecule has 4 rings (SSSR count). The highest BCUT2D eigenvalue weighted by atomic mass is 16.7. The maximum atomic E-state index is 12.5. The van der Waals surface area contributed by atoms with Gasteiger partial charge in [-0.15, -0.1) is 0 Å². The fourth-order valence-corrected chi connectivity index (χ4v) is 4.15. The summed E-state index contributed by atoms with van der Waals surface area (Å²) in [4.78, 5) is 38.4. The quantitative estimate of drug-likeness (QED) is 0.356. The second kappa shape index (κ2) is 13.0. The first-order valence-electron chi connectivity index (χ1n) is 12.2. The van der Waals surface area contributed by atoms with Crippen molar-refractivity contribution >= 4 is 28.5 Å². The van der Waals surface area contributed by atoms with E-state index in [0.717, 1.165) is 23.1 Å². The Morgan fingerprint density at radius 3 is 2.42 bits per heavy atom. The van der Waals surface area contributed by atoms with Gasteiger partial charge in [-0.1, -0.05) is 31.5 Å². The Morgan fingerprint density at radius 1 is 1.08 bits per heavy atom. The average Bonchev–Trinajstić information content (AvgIpc) is 3.45. The second-order valence-corrected chi connectivity index (χ2v) is 8.57. The molecule has 2 aromatic heterocycles. The fraction of sp³-hybridized carbons (Fsp3) is 0.444. The van der Waals surface area contributed by atoms with Crippen LogP contribution in [0.2, 0.25) is 0 Å². The van der Waals surface area contributed by atoms with Gasteiger partial charge in [0.15, 0.2) is 5.76 Å². The van der Waals surface area contributed by atoms with Crippen molar-refractivity contribution < 1.29 is 23.6 Å². The van der Waals surface area contributed by atoms with Crippen molar-refractivity contribution in [3.8, 4) is 0 Å². The Hall–Kier alpha value is -3.43. The number of methoxy groups -OCH3 is 1. The molecule has 36 heavy (non-hydrogen) atoms. The number of ether oxygens (including phenoxy) is 1. The molecule has 1 saturated heterocycles. The van der Waals surface area contributed by atoms with Crippen molar-refractivity contribution in [3.63, 3.8) is 0 Å². The van der Waals surface area contributed by atoms with E-state index in [9.17, 15) is 9.59 Å². The Bertz CT molecular complexity index is 1140. The van der Waals surface area contributed by atoms with Crippen molar-refractivity contribution in [1.29, 1.82) is 0 Å². The van der Waals surface area contributed by atoms with Gasteiger partial charge in [0.2, 0.25) is 0 Å². The van der Waals surface area contributed by atoms with Gasteiger partial charge < -0.3 is 23.8 Å². The molecule has 0 spiro atoms. The van der Waals surface area contributed by atoms with Crippen LogP contribution >= 0.6 is 0 Å². The monoisotopic (exact) mass is 496 g/mol. The average molecular weight is 497 g/mol. The van der Waals surface area contributed by atoms with E-state index >= 15 is 0 Å². The number of furan rings is 1. The number of hydroxylamine groups is 2. The summed E-state index contributed by atoms with van der Waals surface area (Å²) < 4.78 is 10.2. The number of esters is 1. The molecule has 0 aliphatic carbocycles. The number of benzene rings is 1. The Labute approximate surface area is 212 Å². The number of hydrogen-bond acceptors (Lipinski definition) is 8. The van der Waals surface area contributed by atoms with Gasteiger partial charge in [0.1, 0.15) is 5.56 Å². The molecule has 0 radical (unpaired) electrons. The molecule has 1 fully saturated rings. The minimum Gasteiger partial charge on any atom is -0.465 e. The summed E-state index contributed by atoms with van der Waals surface area (Å²) in [6.45, 7) is 7.30. The Kier molecular flexibility index (Phi) is 9.84. The number of carbonyl (C=O) groups is 2. The highest BCUT2D eigenvalue weighted by molar-refractivity contribution is 6.06. The van der Waals surface area contributed by atoms with Crippen LogP contribution in [0.25, 0.3) is 10.9 Å². The molecule has 1 aliphatic rings. The first-order chi connectivity index (χ1) is 17.4. The van der Waals surface area contributed by atoms with Gasteiger partial charge in [-0.2, -0.15) is 5.06 Å². The number of rotatable bonds is 7. The van der Waals surface area contributed by atoms with Crippen LogP contribution < -0.4 is 4.90 Å². The van der Waals surface area contributed by atoms with Crippen LogP contribution in [-0.4, -0.2) is 80.8 Å². The molecule has 3 aromatic rings. The predicted molar refractivity (Wildman–Crippen MR) is 139 cm³/mol. The zero-order chi connectivity index (χ0) is 26.1. The van der Waals surface area contributed by atoms with Gasteiger partial charge in [-0.3, -0.25) is 9.78 Å². The number of hydrogen-bond donors (Lipinski definition) is 0. The van der Waals surface area contributed by atoms with Crippen LogP contribution in [0, 0.1) is 6.92 Å². The SMILES string of the molecule is CCCCN(C)OC.COC(=O)c1c(C)nc2ccccc2c1N1CCN(C(=O)c2ccco2)CC1. The summed E-state index contributed by atoms with van der Waals surface area (Å²) in [5.41, 5.74) is 2.76. The topological polar surface area (TPSA) is 88.4 Å². The van der Waals surface area contributed by atoms with E-state index in [1.807, 2.05) is 43.3 Å². The number of unbranched alkanes of at least 4 members (excludes halogenated alkanes) is 1. The number of piperazine rings is 1. The maximum Gasteiger partial charge on any atom is 0.341 e. The van der Waals surface area contributed by atoms with E-state index in [0.29, 0.717) is 43.2 Å². The number of aryl methyl sites for hydroxylation is 1. The van der Waals surface area contributed by atoms with Crippen LogP contribution in [0.3, 0.4) is 0 Å². The fourth-order valence-electron chi connectivity index (χ4n) is 4.15. The molecule has 1 aliphatic heterocycles. The third-order valence-electron chi connectivity index (χ3n) is 6.19. The normalized spacial score (nSPS) is 13.5. The van der Waals surface area contributed by atoms with Crippen LogP contribution in [0.15, 0.2) is 47.1 Å². The molecule has 9 heteroatoms. The van der Waals surface area contributed by atoms with Crippen LogP contribution in [-0.2, 0) is 9.57 Å². The number of aromatic nitrogens is 1. The third kappa shape index (κ3) is 6.41. The summed E-state index contributed by atoms with van der Waals surface area (Å²) in [5.74, 6) is -0.178. The van der Waals surface area contributed by atoms with Crippen molar-refractivity contribution in [3.05, 3.63) is 59.7 Å². The highest BCUT2D eigenvalue weighted by Gasteiger charge is 2.29. The van der Waals surface area contributed by atoms with Crippen molar-refractivity contribution in [2.24, 2.45) is 0 Å². The molecule has 0 unspecified atom stereocenters. The lowest BCUT2D eigenvalue weighted by molar-refractivity contribution is -0.109. The molecule has 0 bridgehead atoms. The standard InChI is InChI=1S/C21H21N3O4.C6H15NO/c1-14-18(21(26)27-2)19(15-6-3-4-7-16(15)22-14)23-9-11-24(12-10-23)20(25)17-8-5-13-28-17;1-4-5-6-7(2)8-3/h3-8,13H,9-12H2,1-2H3;4-6H2,1-3H3. The molecule has 3 heterocycles. The summed E-state index contributed by atoms with van der Waals surface area (Å²) in [6.07, 6.45) is 3.94. The molecular formula is C27H36N4O5. The molecular weight excluding hydrogens is 460 g/mol. The summed E-state index contributed by atoms with van der Waals surface area (Å²) in [6, 6.07) is 11.1. The van der Waals surface area contributed by atoms with Crippen LogP contribution in [0.4, 0.5) is 5.69 Å². The number of pyridine rings is 1. The van der Waals surface area contributed by atoms with Gasteiger partial charge in [0, 0.05) is 45.2 Å². The summed E-state index contributed by atoms with van der Waals surface area (Å²) in [7, 11) is 5.01. The smallest absolute Gasteiger partial charge is 0.341 e. The minimum atomic E-state index is -0.403.